The van der Waals surface area contributed by atoms with Crippen LogP contribution in [0.25, 0.3) is 0 Å². The van der Waals surface area contributed by atoms with Crippen LogP contribution in [-0.4, -0.2) is 68.6 Å². The summed E-state index contributed by atoms with van der Waals surface area (Å²) in [7, 11) is 3.51. The van der Waals surface area contributed by atoms with E-state index in [9.17, 15) is 4.79 Å². The van der Waals surface area contributed by atoms with Gasteiger partial charge in [0.05, 0.1) is 13.2 Å². The number of hydrogen-bond acceptors (Lipinski definition) is 3. The first-order valence-corrected chi connectivity index (χ1v) is 9.00. The lowest BCUT2D eigenvalue weighted by Gasteiger charge is -2.29. The van der Waals surface area contributed by atoms with E-state index >= 15 is 0 Å². The number of likely N-dealkylation sites (tertiary alicyclic amines) is 1. The van der Waals surface area contributed by atoms with Crippen LogP contribution in [-0.2, 0) is 22.5 Å². The Morgan fingerprint density at radius 2 is 2.04 bits per heavy atom. The van der Waals surface area contributed by atoms with Crippen molar-refractivity contribution in [2.45, 2.75) is 19.4 Å². The molecular weight excluding hydrogens is 443 g/mol. The van der Waals surface area contributed by atoms with Crippen LogP contribution in [0, 0.1) is 5.92 Å². The molecule has 0 spiro atoms. The number of methoxy groups -OCH3 is 1. The maximum atomic E-state index is 12.6. The number of carbonyl (C=O) groups excluding carboxylic acids is 1. The number of amides is 1. The van der Waals surface area contributed by atoms with Gasteiger partial charge in [-0.05, 0) is 24.0 Å². The molecule has 1 aromatic rings. The average molecular weight is 472 g/mol. The highest BCUT2D eigenvalue weighted by atomic mass is 127. The summed E-state index contributed by atoms with van der Waals surface area (Å²) in [6.07, 6.45) is 2.03. The molecule has 26 heavy (non-hydrogen) atoms. The lowest BCUT2D eigenvalue weighted by molar-refractivity contribution is -0.130. The molecule has 1 aromatic carbocycles. The van der Waals surface area contributed by atoms with Crippen LogP contribution in [0.1, 0.15) is 17.5 Å². The van der Waals surface area contributed by atoms with Crippen LogP contribution in [0.15, 0.2) is 29.3 Å². The van der Waals surface area contributed by atoms with E-state index in [4.69, 9.17) is 4.74 Å². The topological polar surface area (TPSA) is 57.2 Å². The number of rotatable bonds is 4. The van der Waals surface area contributed by atoms with Gasteiger partial charge in [0.2, 0.25) is 5.91 Å². The molecule has 1 amide bonds. The summed E-state index contributed by atoms with van der Waals surface area (Å²) >= 11 is 0. The van der Waals surface area contributed by atoms with Crippen molar-refractivity contribution < 1.29 is 9.53 Å². The van der Waals surface area contributed by atoms with Gasteiger partial charge in [0.15, 0.2) is 5.96 Å². The predicted octanol–water partition coefficient (Wildman–Crippen LogP) is 1.73. The van der Waals surface area contributed by atoms with Crippen molar-refractivity contribution in [1.82, 2.24) is 15.1 Å². The fourth-order valence-corrected chi connectivity index (χ4v) is 3.70. The quantitative estimate of drug-likeness (QED) is 0.412. The molecule has 0 saturated carbocycles. The first kappa shape index (κ1) is 21.0. The summed E-state index contributed by atoms with van der Waals surface area (Å²) in [6, 6.07) is 8.37. The molecule has 0 aromatic heterocycles. The van der Waals surface area contributed by atoms with E-state index < -0.39 is 0 Å². The van der Waals surface area contributed by atoms with E-state index in [-0.39, 0.29) is 29.9 Å². The number of halogens is 1. The van der Waals surface area contributed by atoms with E-state index in [0.29, 0.717) is 19.0 Å². The molecule has 1 fully saturated rings. The van der Waals surface area contributed by atoms with Gasteiger partial charge in [-0.3, -0.25) is 9.79 Å². The summed E-state index contributed by atoms with van der Waals surface area (Å²) in [5.74, 6) is 1.48. The van der Waals surface area contributed by atoms with E-state index in [2.05, 4.69) is 33.4 Å². The standard InChI is InChI=1S/C19H28N4O2.HI/c1-20-19(23-9-7-15(12-23)14-25-2)21-11-18(24)22-10-8-16-5-3-4-6-17(16)13-22;/h3-6,15H,7-14H2,1-2H3,(H,20,21);1H. The number of fused-ring (bicyclic) bond motifs is 1. The lowest BCUT2D eigenvalue weighted by Crippen LogP contribution is -2.46. The van der Waals surface area contributed by atoms with Crippen LogP contribution in [0.4, 0.5) is 0 Å². The third-order valence-corrected chi connectivity index (χ3v) is 5.08. The normalized spacial score (nSPS) is 19.8. The number of nitrogens with zero attached hydrogens (tertiary/aromatic N) is 3. The molecule has 0 bridgehead atoms. The molecule has 0 aliphatic carbocycles. The van der Waals surface area contributed by atoms with Crippen molar-refractivity contribution in [2.24, 2.45) is 10.9 Å². The molecular formula is C19H29IN4O2. The zero-order chi connectivity index (χ0) is 17.6. The molecule has 2 heterocycles. The molecule has 7 heteroatoms. The van der Waals surface area contributed by atoms with Gasteiger partial charge >= 0.3 is 0 Å². The largest absolute Gasteiger partial charge is 0.384 e. The Bertz CT molecular complexity index is 638. The van der Waals surface area contributed by atoms with Gasteiger partial charge in [0, 0.05) is 46.3 Å². The summed E-state index contributed by atoms with van der Waals surface area (Å²) in [4.78, 5) is 21.1. The van der Waals surface area contributed by atoms with Gasteiger partial charge in [-0.15, -0.1) is 24.0 Å². The van der Waals surface area contributed by atoms with Crippen molar-refractivity contribution in [3.63, 3.8) is 0 Å². The minimum absolute atomic E-state index is 0. The lowest BCUT2D eigenvalue weighted by atomic mass is 10.00. The number of ether oxygens (including phenoxy) is 1. The molecule has 144 valence electrons. The Kier molecular flexibility index (Phi) is 8.15. The molecule has 1 atom stereocenters. The molecule has 1 saturated heterocycles. The highest BCUT2D eigenvalue weighted by Crippen LogP contribution is 2.19. The van der Waals surface area contributed by atoms with Crippen molar-refractivity contribution in [3.8, 4) is 0 Å². The minimum atomic E-state index is 0. The Balaban J connectivity index is 0.00000243. The van der Waals surface area contributed by atoms with Crippen molar-refractivity contribution in [3.05, 3.63) is 35.4 Å². The zero-order valence-corrected chi connectivity index (χ0v) is 17.9. The number of carbonyl (C=O) groups is 1. The maximum Gasteiger partial charge on any atom is 0.242 e. The summed E-state index contributed by atoms with van der Waals surface area (Å²) in [6.45, 7) is 4.45. The van der Waals surface area contributed by atoms with Crippen LogP contribution < -0.4 is 5.32 Å². The predicted molar refractivity (Wildman–Crippen MR) is 114 cm³/mol. The van der Waals surface area contributed by atoms with Crippen molar-refractivity contribution in [2.75, 3.05) is 46.9 Å². The molecule has 1 N–H and O–H groups in total. The maximum absolute atomic E-state index is 12.6. The molecule has 3 rings (SSSR count). The van der Waals surface area contributed by atoms with Crippen molar-refractivity contribution >= 4 is 35.8 Å². The monoisotopic (exact) mass is 472 g/mol. The Morgan fingerprint density at radius 3 is 2.77 bits per heavy atom. The SMILES string of the molecule is CN=C(NCC(=O)N1CCc2ccccc2C1)N1CCC(COC)C1.I. The highest BCUT2D eigenvalue weighted by Gasteiger charge is 2.26. The van der Waals surface area contributed by atoms with Gasteiger partial charge in [-0.25, -0.2) is 0 Å². The second kappa shape index (κ2) is 10.1. The fraction of sp³-hybridized carbons (Fsp3) is 0.579. The van der Waals surface area contributed by atoms with E-state index in [1.165, 1.54) is 11.1 Å². The number of aliphatic imine (C=N–C) groups is 1. The Morgan fingerprint density at radius 1 is 1.27 bits per heavy atom. The number of benzene rings is 1. The fourth-order valence-electron chi connectivity index (χ4n) is 3.70. The Labute approximate surface area is 173 Å². The van der Waals surface area contributed by atoms with Crippen LogP contribution in [0.2, 0.25) is 0 Å². The van der Waals surface area contributed by atoms with Gasteiger partial charge in [0.25, 0.3) is 0 Å². The van der Waals surface area contributed by atoms with Crippen molar-refractivity contribution in [1.29, 1.82) is 0 Å². The number of guanidine groups is 1. The first-order chi connectivity index (χ1) is 12.2. The summed E-state index contributed by atoms with van der Waals surface area (Å²) in [5, 5.41) is 3.24. The molecule has 0 radical (unpaired) electrons. The molecule has 2 aliphatic rings. The van der Waals surface area contributed by atoms with Gasteiger partial charge < -0.3 is 19.9 Å². The van der Waals surface area contributed by atoms with Gasteiger partial charge in [0.1, 0.15) is 0 Å². The minimum Gasteiger partial charge on any atom is -0.384 e. The van der Waals surface area contributed by atoms with Gasteiger partial charge in [-0.1, -0.05) is 24.3 Å². The van der Waals surface area contributed by atoms with E-state index in [1.807, 2.05) is 11.0 Å². The molecule has 6 nitrogen and oxygen atoms in total. The third-order valence-electron chi connectivity index (χ3n) is 5.08. The number of hydrogen-bond donors (Lipinski definition) is 1. The average Bonchev–Trinajstić information content (AvgIpc) is 3.10. The van der Waals surface area contributed by atoms with Gasteiger partial charge in [-0.2, -0.15) is 0 Å². The smallest absolute Gasteiger partial charge is 0.242 e. The van der Waals surface area contributed by atoms with E-state index in [1.54, 1.807) is 14.2 Å². The van der Waals surface area contributed by atoms with Crippen LogP contribution in [0.3, 0.4) is 0 Å². The number of nitrogens with one attached hydrogen (secondary N) is 1. The highest BCUT2D eigenvalue weighted by molar-refractivity contribution is 14.0. The van der Waals surface area contributed by atoms with Crippen LogP contribution in [0.5, 0.6) is 0 Å². The third kappa shape index (κ3) is 5.09. The first-order valence-electron chi connectivity index (χ1n) is 9.00. The van der Waals surface area contributed by atoms with Crippen LogP contribution >= 0.6 is 24.0 Å². The zero-order valence-electron chi connectivity index (χ0n) is 15.6. The second-order valence-electron chi connectivity index (χ2n) is 6.79. The summed E-state index contributed by atoms with van der Waals surface area (Å²) < 4.78 is 5.25. The molecule has 1 unspecified atom stereocenters. The molecule has 2 aliphatic heterocycles. The second-order valence-corrected chi connectivity index (χ2v) is 6.79. The summed E-state index contributed by atoms with van der Waals surface area (Å²) in [5.41, 5.74) is 2.62. The van der Waals surface area contributed by atoms with E-state index in [0.717, 1.165) is 45.0 Å². The Hall–Kier alpha value is -1.35.